The van der Waals surface area contributed by atoms with Crippen LogP contribution in [0.1, 0.15) is 0 Å². The predicted octanol–water partition coefficient (Wildman–Crippen LogP) is 18.0. The molecule has 0 bridgehead atoms. The molecule has 0 radical (unpaired) electrons. The highest BCUT2D eigenvalue weighted by Crippen LogP contribution is 2.49. The maximum absolute atomic E-state index is 2.46. The summed E-state index contributed by atoms with van der Waals surface area (Å²) in [6.07, 6.45) is 0. The lowest BCUT2D eigenvalue weighted by atomic mass is 9.89. The molecule has 0 aliphatic heterocycles. The fourth-order valence-electron chi connectivity index (χ4n) is 9.27. The van der Waals surface area contributed by atoms with Gasteiger partial charge in [-0.1, -0.05) is 231 Å². The molecular formula is C64H45N. The van der Waals surface area contributed by atoms with E-state index in [1.54, 1.807) is 0 Å². The van der Waals surface area contributed by atoms with Gasteiger partial charge in [0, 0.05) is 22.5 Å². The monoisotopic (exact) mass is 827 g/mol. The lowest BCUT2D eigenvalue weighted by molar-refractivity contribution is 1.28. The average molecular weight is 828 g/mol. The van der Waals surface area contributed by atoms with Gasteiger partial charge in [-0.3, -0.25) is 0 Å². The van der Waals surface area contributed by atoms with E-state index in [1.165, 1.54) is 60.8 Å². The van der Waals surface area contributed by atoms with Gasteiger partial charge in [0.1, 0.15) is 0 Å². The van der Waals surface area contributed by atoms with Gasteiger partial charge < -0.3 is 4.90 Å². The van der Waals surface area contributed by atoms with Crippen LogP contribution >= 0.6 is 0 Å². The second-order valence-corrected chi connectivity index (χ2v) is 16.5. The summed E-state index contributed by atoms with van der Waals surface area (Å²) in [7, 11) is 0. The van der Waals surface area contributed by atoms with Crippen molar-refractivity contribution >= 4 is 27.8 Å². The lowest BCUT2D eigenvalue weighted by Gasteiger charge is -2.31. The van der Waals surface area contributed by atoms with Gasteiger partial charge in [-0.15, -0.1) is 0 Å². The first-order valence-corrected chi connectivity index (χ1v) is 22.3. The van der Waals surface area contributed by atoms with Crippen molar-refractivity contribution in [2.45, 2.75) is 0 Å². The Morgan fingerprint density at radius 3 is 1.02 bits per heavy atom. The molecule has 1 heteroatoms. The largest absolute Gasteiger partial charge is 0.309 e. The number of nitrogens with zero attached hydrogens (tertiary/aromatic N) is 1. The molecule has 11 aromatic carbocycles. The first kappa shape index (κ1) is 39.3. The van der Waals surface area contributed by atoms with Gasteiger partial charge in [-0.25, -0.2) is 0 Å². The molecule has 11 rings (SSSR count). The van der Waals surface area contributed by atoms with Crippen LogP contribution in [-0.4, -0.2) is 0 Å². The van der Waals surface area contributed by atoms with E-state index >= 15 is 0 Å². The van der Waals surface area contributed by atoms with Crippen LogP contribution in [0.15, 0.2) is 273 Å². The number of hydrogen-bond donors (Lipinski definition) is 0. The fourth-order valence-corrected chi connectivity index (χ4v) is 9.27. The van der Waals surface area contributed by atoms with Crippen LogP contribution in [0.5, 0.6) is 0 Å². The van der Waals surface area contributed by atoms with Gasteiger partial charge in [0.2, 0.25) is 0 Å². The lowest BCUT2D eigenvalue weighted by Crippen LogP contribution is -2.13. The minimum atomic E-state index is 1.07. The van der Waals surface area contributed by atoms with Crippen molar-refractivity contribution in [3.63, 3.8) is 0 Å². The Balaban J connectivity index is 1.11. The minimum Gasteiger partial charge on any atom is -0.309 e. The highest BCUT2D eigenvalue weighted by Gasteiger charge is 2.24. The van der Waals surface area contributed by atoms with Crippen LogP contribution in [0.25, 0.3) is 88.7 Å². The van der Waals surface area contributed by atoms with E-state index in [0.717, 1.165) is 44.9 Å². The number of hydrogen-bond acceptors (Lipinski definition) is 1. The molecule has 0 amide bonds. The maximum Gasteiger partial charge on any atom is 0.0618 e. The van der Waals surface area contributed by atoms with E-state index in [4.69, 9.17) is 0 Å². The number of fused-ring (bicyclic) bond motifs is 1. The molecule has 0 aliphatic carbocycles. The molecule has 0 N–H and O–H groups in total. The standard InChI is InChI=1S/C64H45N/c1-5-19-46(20-6-1)55-44-62(50-24-9-3-10-25-50)64(63(45-55)51-26-11-4-12-27-51)65(56-39-35-48(36-40-56)54-34-33-47-21-13-14-28-53(47)43-54)57-41-37-52(38-42-57)59-30-16-18-32-61(59)60-31-17-15-29-58(60)49-22-7-2-8-23-49/h1-45H. The maximum atomic E-state index is 2.46. The molecule has 0 aromatic heterocycles. The molecule has 306 valence electrons. The predicted molar refractivity (Wildman–Crippen MR) is 277 cm³/mol. The molecule has 0 atom stereocenters. The van der Waals surface area contributed by atoms with Gasteiger partial charge in [-0.2, -0.15) is 0 Å². The zero-order valence-electron chi connectivity index (χ0n) is 35.9. The summed E-state index contributed by atoms with van der Waals surface area (Å²) in [5.74, 6) is 0. The third kappa shape index (κ3) is 7.93. The number of rotatable bonds is 10. The average Bonchev–Trinajstić information content (AvgIpc) is 3.40. The molecule has 0 saturated carbocycles. The van der Waals surface area contributed by atoms with Crippen molar-refractivity contribution in [3.05, 3.63) is 273 Å². The van der Waals surface area contributed by atoms with Gasteiger partial charge in [0.05, 0.1) is 5.69 Å². The van der Waals surface area contributed by atoms with Gasteiger partial charge in [0.25, 0.3) is 0 Å². The summed E-state index contributed by atoms with van der Waals surface area (Å²) in [4.78, 5) is 2.46. The topological polar surface area (TPSA) is 3.24 Å². The Morgan fingerprint density at radius 2 is 0.523 bits per heavy atom. The normalized spacial score (nSPS) is 11.1. The molecule has 0 heterocycles. The van der Waals surface area contributed by atoms with E-state index in [2.05, 4.69) is 278 Å². The Labute approximate surface area is 381 Å². The van der Waals surface area contributed by atoms with Crippen molar-refractivity contribution in [3.8, 4) is 77.9 Å². The quantitative estimate of drug-likeness (QED) is 0.133. The van der Waals surface area contributed by atoms with E-state index < -0.39 is 0 Å². The molecule has 0 aliphatic rings. The molecule has 0 saturated heterocycles. The van der Waals surface area contributed by atoms with Gasteiger partial charge in [-0.05, 0) is 120 Å². The second-order valence-electron chi connectivity index (χ2n) is 16.5. The molecule has 1 nitrogen and oxygen atoms in total. The number of anilines is 3. The van der Waals surface area contributed by atoms with E-state index in [0.29, 0.717) is 0 Å². The zero-order chi connectivity index (χ0) is 43.4. The first-order valence-electron chi connectivity index (χ1n) is 22.3. The van der Waals surface area contributed by atoms with Crippen molar-refractivity contribution < 1.29 is 0 Å². The highest BCUT2D eigenvalue weighted by molar-refractivity contribution is 6.01. The Morgan fingerprint density at radius 1 is 0.185 bits per heavy atom. The molecular weight excluding hydrogens is 783 g/mol. The Bertz CT molecular complexity index is 3320. The van der Waals surface area contributed by atoms with Crippen molar-refractivity contribution in [1.29, 1.82) is 0 Å². The Kier molecular flexibility index (Phi) is 10.7. The third-order valence-electron chi connectivity index (χ3n) is 12.5. The molecule has 11 aromatic rings. The molecule has 65 heavy (non-hydrogen) atoms. The van der Waals surface area contributed by atoms with Crippen LogP contribution in [0.4, 0.5) is 17.1 Å². The molecule has 0 unspecified atom stereocenters. The van der Waals surface area contributed by atoms with E-state index in [-0.39, 0.29) is 0 Å². The Hall–Kier alpha value is -8.52. The zero-order valence-corrected chi connectivity index (χ0v) is 35.9. The summed E-state index contributed by atoms with van der Waals surface area (Å²) >= 11 is 0. The summed E-state index contributed by atoms with van der Waals surface area (Å²) < 4.78 is 0. The van der Waals surface area contributed by atoms with Crippen LogP contribution in [0.3, 0.4) is 0 Å². The number of benzene rings is 11. The minimum absolute atomic E-state index is 1.07. The summed E-state index contributed by atoms with van der Waals surface area (Å²) in [6, 6.07) is 99.0. The van der Waals surface area contributed by atoms with Gasteiger partial charge >= 0.3 is 0 Å². The van der Waals surface area contributed by atoms with Crippen LogP contribution in [-0.2, 0) is 0 Å². The van der Waals surface area contributed by atoms with Crippen molar-refractivity contribution in [2.75, 3.05) is 4.90 Å². The summed E-state index contributed by atoms with van der Waals surface area (Å²) in [5, 5.41) is 2.48. The molecule has 0 spiro atoms. The smallest absolute Gasteiger partial charge is 0.0618 e. The first-order chi connectivity index (χ1) is 32.2. The fraction of sp³-hybridized carbons (Fsp3) is 0. The van der Waals surface area contributed by atoms with E-state index in [9.17, 15) is 0 Å². The van der Waals surface area contributed by atoms with Crippen molar-refractivity contribution in [1.82, 2.24) is 0 Å². The van der Waals surface area contributed by atoms with Crippen molar-refractivity contribution in [2.24, 2.45) is 0 Å². The summed E-state index contributed by atoms with van der Waals surface area (Å²) in [6.45, 7) is 0. The van der Waals surface area contributed by atoms with Crippen LogP contribution in [0, 0.1) is 0 Å². The van der Waals surface area contributed by atoms with Crippen LogP contribution in [0.2, 0.25) is 0 Å². The SMILES string of the molecule is c1ccc(-c2cc(-c3ccccc3)c(N(c3ccc(-c4ccc5ccccc5c4)cc3)c3ccc(-c4ccccc4-c4ccccc4-c4ccccc4)cc3)c(-c3ccccc3)c2)cc1. The second kappa shape index (κ2) is 17.7. The highest BCUT2D eigenvalue weighted by atomic mass is 15.1. The van der Waals surface area contributed by atoms with Crippen LogP contribution < -0.4 is 4.90 Å². The third-order valence-corrected chi connectivity index (χ3v) is 12.5. The van der Waals surface area contributed by atoms with Gasteiger partial charge in [0.15, 0.2) is 0 Å². The van der Waals surface area contributed by atoms with E-state index in [1.807, 2.05) is 0 Å². The molecule has 0 fully saturated rings. The summed E-state index contributed by atoms with van der Waals surface area (Å²) in [5.41, 5.74) is 19.8.